The van der Waals surface area contributed by atoms with Crippen molar-refractivity contribution in [2.45, 2.75) is 39.3 Å². The number of nitrogens with zero attached hydrogens (tertiary/aromatic N) is 1. The summed E-state index contributed by atoms with van der Waals surface area (Å²) in [5.41, 5.74) is 6.63. The highest BCUT2D eigenvalue weighted by molar-refractivity contribution is 7.13. The maximum Gasteiger partial charge on any atom is 0.0801 e. The summed E-state index contributed by atoms with van der Waals surface area (Å²) in [5, 5.41) is 7.09. The number of hydrogen-bond acceptors (Lipinski definition) is 4. The maximum absolute atomic E-state index is 4.33. The zero-order valence-electron chi connectivity index (χ0n) is 14.1. The molecule has 23 heavy (non-hydrogen) atoms. The third kappa shape index (κ3) is 3.65. The molecule has 3 unspecified atom stereocenters. The van der Waals surface area contributed by atoms with Crippen molar-refractivity contribution in [3.05, 3.63) is 53.3 Å². The molecule has 1 aliphatic heterocycles. The first-order valence-corrected chi connectivity index (χ1v) is 9.11. The fraction of sp³-hybridized carbons (Fsp3) is 0.421. The van der Waals surface area contributed by atoms with Crippen LogP contribution in [-0.2, 0) is 0 Å². The molecule has 3 atom stereocenters. The third-order valence-electron chi connectivity index (χ3n) is 4.59. The second kappa shape index (κ2) is 6.85. The Morgan fingerprint density at radius 1 is 1.39 bits per heavy atom. The van der Waals surface area contributed by atoms with Gasteiger partial charge in [-0.25, -0.2) is 4.98 Å². The van der Waals surface area contributed by atoms with Crippen LogP contribution in [-0.4, -0.2) is 17.6 Å². The van der Waals surface area contributed by atoms with Gasteiger partial charge in [0.25, 0.3) is 0 Å². The molecule has 4 heteroatoms. The molecule has 0 aliphatic carbocycles. The molecule has 3 rings (SSSR count). The number of aromatic nitrogens is 1. The first kappa shape index (κ1) is 16.2. The van der Waals surface area contributed by atoms with Crippen molar-refractivity contribution >= 4 is 11.3 Å². The molecule has 2 heterocycles. The summed E-state index contributed by atoms with van der Waals surface area (Å²) in [6.45, 7) is 11.8. The van der Waals surface area contributed by atoms with E-state index in [1.807, 2.05) is 5.51 Å². The summed E-state index contributed by atoms with van der Waals surface area (Å²) >= 11 is 1.70. The van der Waals surface area contributed by atoms with E-state index in [0.717, 1.165) is 23.9 Å². The van der Waals surface area contributed by atoms with Crippen LogP contribution in [0.3, 0.4) is 0 Å². The molecule has 0 bridgehead atoms. The van der Waals surface area contributed by atoms with Gasteiger partial charge in [0.05, 0.1) is 16.1 Å². The normalized spacial score (nSPS) is 22.0. The summed E-state index contributed by atoms with van der Waals surface area (Å²) < 4.78 is 0. The monoisotopic (exact) mass is 327 g/mol. The van der Waals surface area contributed by atoms with Gasteiger partial charge in [0.1, 0.15) is 0 Å². The van der Waals surface area contributed by atoms with Crippen molar-refractivity contribution in [1.29, 1.82) is 0 Å². The SMILES string of the molecule is C=C(NC(C)c1ccc(-c2scnc2C)cc1)C1CC(C)CN1. The van der Waals surface area contributed by atoms with Crippen LogP contribution < -0.4 is 10.6 Å². The fourth-order valence-electron chi connectivity index (χ4n) is 3.14. The zero-order valence-corrected chi connectivity index (χ0v) is 14.9. The minimum absolute atomic E-state index is 0.261. The van der Waals surface area contributed by atoms with Crippen LogP contribution in [0.25, 0.3) is 10.4 Å². The Hall–Kier alpha value is -1.65. The van der Waals surface area contributed by atoms with Crippen molar-refractivity contribution < 1.29 is 0 Å². The average molecular weight is 327 g/mol. The molecular weight excluding hydrogens is 302 g/mol. The van der Waals surface area contributed by atoms with E-state index in [-0.39, 0.29) is 6.04 Å². The van der Waals surface area contributed by atoms with E-state index in [9.17, 15) is 0 Å². The highest BCUT2D eigenvalue weighted by atomic mass is 32.1. The highest BCUT2D eigenvalue weighted by Crippen LogP contribution is 2.28. The molecule has 122 valence electrons. The van der Waals surface area contributed by atoms with Crippen LogP contribution in [0.1, 0.15) is 37.6 Å². The van der Waals surface area contributed by atoms with Gasteiger partial charge >= 0.3 is 0 Å². The van der Waals surface area contributed by atoms with Crippen LogP contribution >= 0.6 is 11.3 Å². The van der Waals surface area contributed by atoms with Gasteiger partial charge < -0.3 is 10.6 Å². The van der Waals surface area contributed by atoms with Crippen LogP contribution in [0.2, 0.25) is 0 Å². The van der Waals surface area contributed by atoms with Gasteiger partial charge in [0, 0.05) is 17.8 Å². The Labute approximate surface area is 142 Å². The van der Waals surface area contributed by atoms with Crippen LogP contribution in [0.15, 0.2) is 42.1 Å². The van der Waals surface area contributed by atoms with Crippen molar-refractivity contribution in [3.63, 3.8) is 0 Å². The lowest BCUT2D eigenvalue weighted by molar-refractivity contribution is 0.558. The second-order valence-corrected chi connectivity index (χ2v) is 7.44. The second-order valence-electron chi connectivity index (χ2n) is 6.58. The Balaban J connectivity index is 1.65. The Bertz CT molecular complexity index is 674. The van der Waals surface area contributed by atoms with Gasteiger partial charge in [0.2, 0.25) is 0 Å². The lowest BCUT2D eigenvalue weighted by Gasteiger charge is -2.22. The number of benzene rings is 1. The molecule has 1 aromatic carbocycles. The highest BCUT2D eigenvalue weighted by Gasteiger charge is 2.23. The molecule has 2 aromatic rings. The Kier molecular flexibility index (Phi) is 4.83. The predicted octanol–water partition coefficient (Wildman–Crippen LogP) is 4.28. The third-order valence-corrected chi connectivity index (χ3v) is 5.57. The lowest BCUT2D eigenvalue weighted by atomic mass is 10.0. The lowest BCUT2D eigenvalue weighted by Crippen LogP contribution is -2.32. The fourth-order valence-corrected chi connectivity index (χ4v) is 3.95. The number of thiazole rings is 1. The minimum atomic E-state index is 0.261. The van der Waals surface area contributed by atoms with Crippen molar-refractivity contribution in [2.75, 3.05) is 6.54 Å². The molecule has 0 amide bonds. The topological polar surface area (TPSA) is 37.0 Å². The molecule has 1 aromatic heterocycles. The van der Waals surface area contributed by atoms with E-state index in [2.05, 4.69) is 67.2 Å². The predicted molar refractivity (Wildman–Crippen MR) is 98.5 cm³/mol. The molecule has 3 nitrogen and oxygen atoms in total. The van der Waals surface area contributed by atoms with Gasteiger partial charge in [-0.05, 0) is 43.9 Å². The number of aryl methyl sites for hydroxylation is 1. The maximum atomic E-state index is 4.33. The molecule has 1 fully saturated rings. The summed E-state index contributed by atoms with van der Waals surface area (Å²) in [7, 11) is 0. The quantitative estimate of drug-likeness (QED) is 0.860. The first-order chi connectivity index (χ1) is 11.0. The van der Waals surface area contributed by atoms with E-state index in [1.165, 1.54) is 22.4 Å². The smallest absolute Gasteiger partial charge is 0.0801 e. The first-order valence-electron chi connectivity index (χ1n) is 8.23. The molecular formula is C19H25N3S. The van der Waals surface area contributed by atoms with E-state index in [1.54, 1.807) is 11.3 Å². The molecule has 1 aliphatic rings. The molecule has 0 radical (unpaired) electrons. The number of rotatable bonds is 5. The molecule has 0 spiro atoms. The van der Waals surface area contributed by atoms with Gasteiger partial charge in [-0.15, -0.1) is 11.3 Å². The summed E-state index contributed by atoms with van der Waals surface area (Å²) in [4.78, 5) is 5.58. The number of hydrogen-bond donors (Lipinski definition) is 2. The van der Waals surface area contributed by atoms with Gasteiger partial charge in [-0.2, -0.15) is 0 Å². The standard InChI is InChI=1S/C19H25N3S/c1-12-9-18(20-10-12)14(3)22-13(2)16-5-7-17(8-6-16)19-15(4)21-11-23-19/h5-8,11-13,18,20,22H,3,9-10H2,1-2,4H3. The van der Waals surface area contributed by atoms with Crippen molar-refractivity contribution in [2.24, 2.45) is 5.92 Å². The van der Waals surface area contributed by atoms with Crippen LogP contribution in [0.5, 0.6) is 0 Å². The molecule has 0 saturated carbocycles. The number of nitrogens with one attached hydrogen (secondary N) is 2. The van der Waals surface area contributed by atoms with E-state index >= 15 is 0 Å². The molecule has 1 saturated heterocycles. The summed E-state index contributed by atoms with van der Waals surface area (Å²) in [6, 6.07) is 9.43. The summed E-state index contributed by atoms with van der Waals surface area (Å²) in [5.74, 6) is 0.732. The Morgan fingerprint density at radius 3 is 2.70 bits per heavy atom. The van der Waals surface area contributed by atoms with Crippen molar-refractivity contribution in [3.8, 4) is 10.4 Å². The minimum Gasteiger partial charge on any atom is -0.381 e. The molecule has 2 N–H and O–H groups in total. The van der Waals surface area contributed by atoms with Gasteiger partial charge in [0.15, 0.2) is 0 Å². The van der Waals surface area contributed by atoms with Crippen LogP contribution in [0, 0.1) is 12.8 Å². The van der Waals surface area contributed by atoms with E-state index < -0.39 is 0 Å². The van der Waals surface area contributed by atoms with Crippen LogP contribution in [0.4, 0.5) is 0 Å². The van der Waals surface area contributed by atoms with E-state index in [4.69, 9.17) is 0 Å². The van der Waals surface area contributed by atoms with Crippen molar-refractivity contribution in [1.82, 2.24) is 15.6 Å². The summed E-state index contributed by atoms with van der Waals surface area (Å²) in [6.07, 6.45) is 1.17. The largest absolute Gasteiger partial charge is 0.381 e. The Morgan fingerprint density at radius 2 is 2.13 bits per heavy atom. The van der Waals surface area contributed by atoms with Gasteiger partial charge in [-0.1, -0.05) is 37.8 Å². The van der Waals surface area contributed by atoms with Gasteiger partial charge in [-0.3, -0.25) is 0 Å². The zero-order chi connectivity index (χ0) is 16.4. The van der Waals surface area contributed by atoms with E-state index in [0.29, 0.717) is 6.04 Å². The average Bonchev–Trinajstić information content (AvgIpc) is 3.16.